The standard InChI is InChI=1S/C16H27N3/c1-5-17-12-14-6-7-15(18-13(14)2)19-10-8-16(3,4)9-11-19/h6-7,17H,5,8-12H2,1-4H3. The van der Waals surface area contributed by atoms with Gasteiger partial charge in [0.25, 0.3) is 0 Å². The molecule has 2 rings (SSSR count). The van der Waals surface area contributed by atoms with Crippen molar-refractivity contribution in [1.29, 1.82) is 0 Å². The molecule has 0 atom stereocenters. The molecule has 3 heteroatoms. The number of aromatic nitrogens is 1. The van der Waals surface area contributed by atoms with Gasteiger partial charge in [0.15, 0.2) is 0 Å². The van der Waals surface area contributed by atoms with E-state index in [2.05, 4.69) is 50.0 Å². The monoisotopic (exact) mass is 261 g/mol. The molecule has 3 nitrogen and oxygen atoms in total. The SMILES string of the molecule is CCNCc1ccc(N2CCC(C)(C)CC2)nc1C. The Kier molecular flexibility index (Phi) is 4.46. The number of aryl methyl sites for hydroxylation is 1. The topological polar surface area (TPSA) is 28.2 Å². The molecule has 2 heterocycles. The molecule has 1 aromatic heterocycles. The quantitative estimate of drug-likeness (QED) is 0.902. The first-order valence-electron chi connectivity index (χ1n) is 7.44. The summed E-state index contributed by atoms with van der Waals surface area (Å²) in [4.78, 5) is 7.21. The first-order valence-corrected chi connectivity index (χ1v) is 7.44. The smallest absolute Gasteiger partial charge is 0.128 e. The van der Waals surface area contributed by atoms with E-state index in [1.807, 2.05) is 0 Å². The van der Waals surface area contributed by atoms with Crippen LogP contribution in [0.4, 0.5) is 5.82 Å². The normalized spacial score (nSPS) is 18.6. The van der Waals surface area contributed by atoms with Crippen molar-refractivity contribution in [3.05, 3.63) is 23.4 Å². The summed E-state index contributed by atoms with van der Waals surface area (Å²) in [6.07, 6.45) is 2.51. The van der Waals surface area contributed by atoms with Crippen molar-refractivity contribution < 1.29 is 0 Å². The van der Waals surface area contributed by atoms with Crippen LogP contribution < -0.4 is 10.2 Å². The second-order valence-corrected chi connectivity index (χ2v) is 6.35. The summed E-state index contributed by atoms with van der Waals surface area (Å²) >= 11 is 0. The van der Waals surface area contributed by atoms with Gasteiger partial charge in [-0.05, 0) is 43.4 Å². The lowest BCUT2D eigenvalue weighted by atomic mass is 9.83. The maximum atomic E-state index is 4.78. The van der Waals surface area contributed by atoms with Gasteiger partial charge in [0, 0.05) is 25.3 Å². The summed E-state index contributed by atoms with van der Waals surface area (Å²) in [6.45, 7) is 13.2. The van der Waals surface area contributed by atoms with Gasteiger partial charge >= 0.3 is 0 Å². The molecule has 0 unspecified atom stereocenters. The molecule has 1 aliphatic rings. The van der Waals surface area contributed by atoms with Crippen molar-refractivity contribution in [2.24, 2.45) is 5.41 Å². The van der Waals surface area contributed by atoms with E-state index in [9.17, 15) is 0 Å². The molecule has 1 N–H and O–H groups in total. The molecule has 1 fully saturated rings. The first-order chi connectivity index (χ1) is 9.02. The van der Waals surface area contributed by atoms with Gasteiger partial charge in [0.2, 0.25) is 0 Å². The van der Waals surface area contributed by atoms with Crippen LogP contribution in [-0.4, -0.2) is 24.6 Å². The molecule has 0 aliphatic carbocycles. The Hall–Kier alpha value is -1.09. The fourth-order valence-electron chi connectivity index (χ4n) is 2.54. The molecule has 0 bridgehead atoms. The van der Waals surface area contributed by atoms with Crippen LogP contribution >= 0.6 is 0 Å². The van der Waals surface area contributed by atoms with Crippen molar-refractivity contribution in [2.75, 3.05) is 24.5 Å². The fourth-order valence-corrected chi connectivity index (χ4v) is 2.54. The molecular formula is C16H27N3. The summed E-state index contributed by atoms with van der Waals surface area (Å²) in [7, 11) is 0. The number of piperidine rings is 1. The average molecular weight is 261 g/mol. The van der Waals surface area contributed by atoms with E-state index >= 15 is 0 Å². The molecule has 0 amide bonds. The summed E-state index contributed by atoms with van der Waals surface area (Å²) in [5.41, 5.74) is 2.96. The molecule has 0 spiro atoms. The zero-order valence-electron chi connectivity index (χ0n) is 12.8. The number of nitrogens with zero attached hydrogens (tertiary/aromatic N) is 2. The van der Waals surface area contributed by atoms with E-state index in [0.717, 1.165) is 37.7 Å². The Morgan fingerprint density at radius 2 is 1.95 bits per heavy atom. The van der Waals surface area contributed by atoms with Crippen LogP contribution in [0.5, 0.6) is 0 Å². The highest BCUT2D eigenvalue weighted by Crippen LogP contribution is 2.31. The summed E-state index contributed by atoms with van der Waals surface area (Å²) in [5.74, 6) is 1.15. The van der Waals surface area contributed by atoms with Crippen molar-refractivity contribution in [1.82, 2.24) is 10.3 Å². The molecule has 0 aromatic carbocycles. The van der Waals surface area contributed by atoms with E-state index in [1.54, 1.807) is 0 Å². The van der Waals surface area contributed by atoms with Gasteiger partial charge in [-0.2, -0.15) is 0 Å². The van der Waals surface area contributed by atoms with Crippen LogP contribution in [0.1, 0.15) is 44.9 Å². The number of hydrogen-bond donors (Lipinski definition) is 1. The lowest BCUT2D eigenvalue weighted by Crippen LogP contribution is -2.37. The lowest BCUT2D eigenvalue weighted by Gasteiger charge is -2.37. The Labute approximate surface area is 117 Å². The average Bonchev–Trinajstić information content (AvgIpc) is 2.37. The Balaban J connectivity index is 2.04. The van der Waals surface area contributed by atoms with Gasteiger partial charge in [-0.3, -0.25) is 0 Å². The van der Waals surface area contributed by atoms with Crippen LogP contribution in [0, 0.1) is 12.3 Å². The third-order valence-corrected chi connectivity index (χ3v) is 4.19. The van der Waals surface area contributed by atoms with E-state index in [0.29, 0.717) is 5.41 Å². The minimum absolute atomic E-state index is 0.497. The molecule has 1 aromatic rings. The predicted molar refractivity (Wildman–Crippen MR) is 81.6 cm³/mol. The number of anilines is 1. The van der Waals surface area contributed by atoms with E-state index in [4.69, 9.17) is 4.98 Å². The second-order valence-electron chi connectivity index (χ2n) is 6.35. The molecule has 0 radical (unpaired) electrons. The maximum Gasteiger partial charge on any atom is 0.128 e. The maximum absolute atomic E-state index is 4.78. The minimum Gasteiger partial charge on any atom is -0.357 e. The zero-order valence-corrected chi connectivity index (χ0v) is 12.8. The minimum atomic E-state index is 0.497. The van der Waals surface area contributed by atoms with Crippen molar-refractivity contribution in [3.8, 4) is 0 Å². The molecular weight excluding hydrogens is 234 g/mol. The number of rotatable bonds is 4. The third-order valence-electron chi connectivity index (χ3n) is 4.19. The van der Waals surface area contributed by atoms with Crippen LogP contribution in [-0.2, 0) is 6.54 Å². The largest absolute Gasteiger partial charge is 0.357 e. The Morgan fingerprint density at radius 3 is 2.53 bits per heavy atom. The van der Waals surface area contributed by atoms with Gasteiger partial charge in [0.05, 0.1) is 0 Å². The summed E-state index contributed by atoms with van der Waals surface area (Å²) in [6, 6.07) is 4.40. The van der Waals surface area contributed by atoms with E-state index in [-0.39, 0.29) is 0 Å². The highest BCUT2D eigenvalue weighted by Gasteiger charge is 2.25. The van der Waals surface area contributed by atoms with Crippen LogP contribution in [0.2, 0.25) is 0 Å². The molecule has 106 valence electrons. The van der Waals surface area contributed by atoms with Gasteiger partial charge in [0.1, 0.15) is 5.82 Å². The highest BCUT2D eigenvalue weighted by atomic mass is 15.2. The van der Waals surface area contributed by atoms with Crippen molar-refractivity contribution in [3.63, 3.8) is 0 Å². The Morgan fingerprint density at radius 1 is 1.26 bits per heavy atom. The Bertz CT molecular complexity index is 416. The number of hydrogen-bond acceptors (Lipinski definition) is 3. The molecule has 0 saturated carbocycles. The third kappa shape index (κ3) is 3.69. The summed E-state index contributed by atoms with van der Waals surface area (Å²) < 4.78 is 0. The fraction of sp³-hybridized carbons (Fsp3) is 0.688. The number of pyridine rings is 1. The molecule has 1 saturated heterocycles. The van der Waals surface area contributed by atoms with Gasteiger partial charge in [-0.1, -0.05) is 26.8 Å². The molecule has 19 heavy (non-hydrogen) atoms. The predicted octanol–water partition coefficient (Wildman–Crippen LogP) is 3.13. The van der Waals surface area contributed by atoms with Crippen LogP contribution in [0.3, 0.4) is 0 Å². The van der Waals surface area contributed by atoms with Gasteiger partial charge in [-0.15, -0.1) is 0 Å². The van der Waals surface area contributed by atoms with Gasteiger partial charge in [-0.25, -0.2) is 4.98 Å². The van der Waals surface area contributed by atoms with Crippen molar-refractivity contribution >= 4 is 5.82 Å². The number of nitrogens with one attached hydrogen (secondary N) is 1. The van der Waals surface area contributed by atoms with Crippen LogP contribution in [0.15, 0.2) is 12.1 Å². The summed E-state index contributed by atoms with van der Waals surface area (Å²) in [5, 5.41) is 3.36. The first kappa shape index (κ1) is 14.3. The van der Waals surface area contributed by atoms with E-state index < -0.39 is 0 Å². The second kappa shape index (κ2) is 5.91. The van der Waals surface area contributed by atoms with Gasteiger partial charge < -0.3 is 10.2 Å². The van der Waals surface area contributed by atoms with Crippen molar-refractivity contribution in [2.45, 2.75) is 47.1 Å². The highest BCUT2D eigenvalue weighted by molar-refractivity contribution is 5.42. The van der Waals surface area contributed by atoms with Crippen LogP contribution in [0.25, 0.3) is 0 Å². The lowest BCUT2D eigenvalue weighted by molar-refractivity contribution is 0.279. The molecule has 1 aliphatic heterocycles. The zero-order chi connectivity index (χ0) is 13.9. The van der Waals surface area contributed by atoms with E-state index in [1.165, 1.54) is 18.4 Å².